The van der Waals surface area contributed by atoms with Gasteiger partial charge >= 0.3 is 5.97 Å². The van der Waals surface area contributed by atoms with E-state index in [1.54, 1.807) is 31.2 Å². The Morgan fingerprint density at radius 3 is 2.18 bits per heavy atom. The zero-order valence-corrected chi connectivity index (χ0v) is 18.0. The number of aromatic carboxylic acids is 1. The van der Waals surface area contributed by atoms with Crippen molar-refractivity contribution in [3.8, 4) is 17.2 Å². The summed E-state index contributed by atoms with van der Waals surface area (Å²) < 4.78 is 11.7. The average molecular weight is 498 g/mol. The van der Waals surface area contributed by atoms with Crippen molar-refractivity contribution in [2.24, 2.45) is 0 Å². The Morgan fingerprint density at radius 1 is 1.00 bits per heavy atom. The molecule has 0 atom stereocenters. The van der Waals surface area contributed by atoms with Gasteiger partial charge in [-0.05, 0) is 62.6 Å². The predicted molar refractivity (Wildman–Crippen MR) is 114 cm³/mol. The maximum atomic E-state index is 11.8. The minimum Gasteiger partial charge on any atom is -0.507 e. The van der Waals surface area contributed by atoms with Crippen molar-refractivity contribution >= 4 is 34.3 Å². The minimum absolute atomic E-state index is 0.0252. The van der Waals surface area contributed by atoms with Gasteiger partial charge in [0.25, 0.3) is 0 Å². The molecule has 0 aliphatic heterocycles. The van der Waals surface area contributed by atoms with E-state index in [1.807, 2.05) is 29.5 Å². The van der Waals surface area contributed by atoms with E-state index in [2.05, 4.69) is 0 Å². The number of unbranched alkanes of at least 4 members (excludes halogenated alkanes) is 1. The number of hydrogen-bond acceptors (Lipinski definition) is 5. The lowest BCUT2D eigenvalue weighted by Crippen LogP contribution is -2.06. The highest BCUT2D eigenvalue weighted by Gasteiger charge is 2.15. The summed E-state index contributed by atoms with van der Waals surface area (Å²) in [5.41, 5.74) is 1.89. The van der Waals surface area contributed by atoms with Crippen LogP contribution >= 0.6 is 22.6 Å². The monoisotopic (exact) mass is 498 g/mol. The van der Waals surface area contributed by atoms with Crippen molar-refractivity contribution in [1.82, 2.24) is 0 Å². The molecule has 150 valence electrons. The molecule has 0 fully saturated rings. The molecule has 0 heterocycles. The normalized spacial score (nSPS) is 10.5. The topological polar surface area (TPSA) is 93.1 Å². The number of Topliss-reactive ketones (excluding diaryl/α,β-unsaturated/α-hetero) is 1. The first kappa shape index (κ1) is 22.0. The van der Waals surface area contributed by atoms with Crippen LogP contribution in [-0.2, 0) is 0 Å². The first-order chi connectivity index (χ1) is 13.3. The first-order valence-corrected chi connectivity index (χ1v) is 10.4. The number of carbonyl (C=O) groups is 2. The molecule has 0 unspecified atom stereocenters. The fourth-order valence-electron chi connectivity index (χ4n) is 2.65. The van der Waals surface area contributed by atoms with E-state index < -0.39 is 5.97 Å². The Labute approximate surface area is 177 Å². The molecule has 0 saturated heterocycles. The molecule has 0 aromatic heterocycles. The Kier molecular flexibility index (Phi) is 8.10. The van der Waals surface area contributed by atoms with E-state index in [1.165, 1.54) is 6.07 Å². The van der Waals surface area contributed by atoms with Gasteiger partial charge in [-0.2, -0.15) is 0 Å². The van der Waals surface area contributed by atoms with Crippen molar-refractivity contribution in [3.63, 3.8) is 0 Å². The smallest absolute Gasteiger partial charge is 0.335 e. The second-order valence-corrected chi connectivity index (χ2v) is 7.09. The number of benzene rings is 2. The van der Waals surface area contributed by atoms with Gasteiger partial charge in [0.05, 0.1) is 28.8 Å². The van der Waals surface area contributed by atoms with Gasteiger partial charge in [0.1, 0.15) is 17.2 Å². The van der Waals surface area contributed by atoms with Crippen LogP contribution in [0.3, 0.4) is 0 Å². The van der Waals surface area contributed by atoms with Gasteiger partial charge < -0.3 is 19.7 Å². The summed E-state index contributed by atoms with van der Waals surface area (Å²) in [5.74, 6) is 0.130. The van der Waals surface area contributed by atoms with E-state index in [4.69, 9.17) is 14.6 Å². The predicted octanol–water partition coefficient (Wildman–Crippen LogP) is 4.56. The van der Waals surface area contributed by atoms with Crippen LogP contribution < -0.4 is 9.47 Å². The zero-order valence-electron chi connectivity index (χ0n) is 15.8. The van der Waals surface area contributed by atoms with Crippen LogP contribution in [0.4, 0.5) is 0 Å². The number of halogens is 1. The lowest BCUT2D eigenvalue weighted by atomic mass is 10.1. The summed E-state index contributed by atoms with van der Waals surface area (Å²) in [7, 11) is 0. The quantitative estimate of drug-likeness (QED) is 0.216. The van der Waals surface area contributed by atoms with Crippen LogP contribution in [0.15, 0.2) is 30.3 Å². The van der Waals surface area contributed by atoms with Gasteiger partial charge in [0.2, 0.25) is 0 Å². The van der Waals surface area contributed by atoms with Crippen LogP contribution in [0.1, 0.15) is 44.7 Å². The molecule has 2 aromatic carbocycles. The van der Waals surface area contributed by atoms with Crippen LogP contribution in [0.5, 0.6) is 17.2 Å². The summed E-state index contributed by atoms with van der Waals surface area (Å²) >= 11 is 1.97. The third kappa shape index (κ3) is 5.60. The van der Waals surface area contributed by atoms with Crippen molar-refractivity contribution in [3.05, 3.63) is 52.6 Å². The minimum atomic E-state index is -0.958. The number of ketones is 1. The van der Waals surface area contributed by atoms with Crippen molar-refractivity contribution in [2.45, 2.75) is 26.7 Å². The Balaban J connectivity index is 1.79. The summed E-state index contributed by atoms with van der Waals surface area (Å²) in [6, 6.07) is 8.07. The van der Waals surface area contributed by atoms with E-state index in [9.17, 15) is 14.7 Å². The number of phenolic OH excluding ortho intramolecular Hbond substituents is 1. The molecule has 28 heavy (non-hydrogen) atoms. The summed E-state index contributed by atoms with van der Waals surface area (Å²) in [4.78, 5) is 22.7. The number of hydrogen-bond donors (Lipinski definition) is 2. The van der Waals surface area contributed by atoms with Gasteiger partial charge in [-0.25, -0.2) is 4.79 Å². The molecule has 2 aromatic rings. The van der Waals surface area contributed by atoms with Gasteiger partial charge in [0, 0.05) is 5.56 Å². The number of aryl methyl sites for hydroxylation is 1. The standard InChI is InChI=1S/C21H23IO6/c1-13-11-15(21(25)26)5-7-18(13)27-9-3-4-10-28-19-8-6-16(17(23)12-22)20(24)14(19)2/h5-8,11,24H,3-4,9-10,12H2,1-2H3,(H,25,26). The number of carboxylic acids is 1. The van der Waals surface area contributed by atoms with Crippen LogP contribution in [-0.4, -0.2) is 39.6 Å². The van der Waals surface area contributed by atoms with E-state index in [-0.39, 0.29) is 17.1 Å². The van der Waals surface area contributed by atoms with E-state index in [0.717, 1.165) is 18.4 Å². The van der Waals surface area contributed by atoms with Crippen LogP contribution in [0.2, 0.25) is 0 Å². The summed E-state index contributed by atoms with van der Waals surface area (Å²) in [5, 5.41) is 19.1. The van der Waals surface area contributed by atoms with Crippen LogP contribution in [0, 0.1) is 13.8 Å². The highest BCUT2D eigenvalue weighted by Crippen LogP contribution is 2.31. The number of carboxylic acid groups (broad SMARTS) is 1. The third-order valence-electron chi connectivity index (χ3n) is 4.28. The SMILES string of the molecule is Cc1cc(C(=O)O)ccc1OCCCCOc1ccc(C(=O)CI)c(O)c1C. The van der Waals surface area contributed by atoms with E-state index >= 15 is 0 Å². The molecular formula is C21H23IO6. The van der Waals surface area contributed by atoms with Gasteiger partial charge in [-0.3, -0.25) is 4.79 Å². The lowest BCUT2D eigenvalue weighted by molar-refractivity contribution is 0.0696. The summed E-state index contributed by atoms with van der Waals surface area (Å²) in [6.45, 7) is 4.48. The number of ether oxygens (including phenoxy) is 2. The maximum absolute atomic E-state index is 11.8. The number of rotatable bonds is 10. The summed E-state index contributed by atoms with van der Waals surface area (Å²) in [6.07, 6.45) is 1.51. The fourth-order valence-corrected chi connectivity index (χ4v) is 3.06. The number of carbonyl (C=O) groups excluding carboxylic acids is 1. The van der Waals surface area contributed by atoms with E-state index in [0.29, 0.717) is 40.3 Å². The highest BCUT2D eigenvalue weighted by molar-refractivity contribution is 14.1. The molecule has 0 spiro atoms. The second kappa shape index (κ2) is 10.3. The molecule has 0 aliphatic rings. The molecular weight excluding hydrogens is 475 g/mol. The Hall–Kier alpha value is -2.29. The second-order valence-electron chi connectivity index (χ2n) is 6.33. The lowest BCUT2D eigenvalue weighted by Gasteiger charge is -2.13. The average Bonchev–Trinajstić information content (AvgIpc) is 2.68. The molecule has 0 amide bonds. The van der Waals surface area contributed by atoms with Crippen LogP contribution in [0.25, 0.3) is 0 Å². The van der Waals surface area contributed by atoms with Gasteiger partial charge in [-0.1, -0.05) is 22.6 Å². The van der Waals surface area contributed by atoms with Crippen molar-refractivity contribution < 1.29 is 29.3 Å². The molecule has 0 saturated carbocycles. The molecule has 7 heteroatoms. The molecule has 2 N–H and O–H groups in total. The number of phenols is 1. The molecule has 2 rings (SSSR count). The Morgan fingerprint density at radius 2 is 1.61 bits per heavy atom. The highest BCUT2D eigenvalue weighted by atomic mass is 127. The largest absolute Gasteiger partial charge is 0.507 e. The number of alkyl halides is 1. The fraction of sp³-hybridized carbons (Fsp3) is 0.333. The van der Waals surface area contributed by atoms with Gasteiger partial charge in [-0.15, -0.1) is 0 Å². The molecule has 0 bridgehead atoms. The molecule has 0 radical (unpaired) electrons. The zero-order chi connectivity index (χ0) is 20.7. The van der Waals surface area contributed by atoms with Gasteiger partial charge in [0.15, 0.2) is 5.78 Å². The van der Waals surface area contributed by atoms with Crippen molar-refractivity contribution in [1.29, 1.82) is 0 Å². The van der Waals surface area contributed by atoms with Crippen molar-refractivity contribution in [2.75, 3.05) is 17.6 Å². The Bertz CT molecular complexity index is 862. The first-order valence-electron chi connectivity index (χ1n) is 8.86. The molecule has 6 nitrogen and oxygen atoms in total. The number of aromatic hydroxyl groups is 1. The maximum Gasteiger partial charge on any atom is 0.335 e. The third-order valence-corrected chi connectivity index (χ3v) is 4.97. The molecule has 0 aliphatic carbocycles.